The minimum absolute atomic E-state index is 0.195. The second-order valence-electron chi connectivity index (χ2n) is 6.52. The molecule has 3 aromatic rings. The number of phenolic OH excluding ortho intramolecular Hbond substituents is 1. The summed E-state index contributed by atoms with van der Waals surface area (Å²) in [6, 6.07) is 17.6. The molecule has 1 heterocycles. The third-order valence-corrected chi connectivity index (χ3v) is 4.49. The van der Waals surface area contributed by atoms with Crippen molar-refractivity contribution in [2.24, 2.45) is 0 Å². The molecule has 0 fully saturated rings. The van der Waals surface area contributed by atoms with Gasteiger partial charge in [0.2, 0.25) is 0 Å². The fourth-order valence-electron chi connectivity index (χ4n) is 3.20. The lowest BCUT2D eigenvalue weighted by Gasteiger charge is -2.24. The van der Waals surface area contributed by atoms with E-state index in [2.05, 4.69) is 22.0 Å². The predicted molar refractivity (Wildman–Crippen MR) is 109 cm³/mol. The Balaban J connectivity index is 1.87. The molecule has 28 heavy (non-hydrogen) atoms. The molecular formula is C23H26N2O3. The zero-order valence-corrected chi connectivity index (χ0v) is 16.3. The Morgan fingerprint density at radius 2 is 1.64 bits per heavy atom. The minimum Gasteiger partial charge on any atom is -0.504 e. The van der Waals surface area contributed by atoms with Crippen LogP contribution in [0, 0.1) is 0 Å². The fraction of sp³-hybridized carbons (Fsp3) is 0.261. The van der Waals surface area contributed by atoms with E-state index in [-0.39, 0.29) is 5.75 Å². The van der Waals surface area contributed by atoms with Crippen LogP contribution in [0.1, 0.15) is 23.6 Å². The van der Waals surface area contributed by atoms with Gasteiger partial charge in [0.1, 0.15) is 5.75 Å². The molecule has 0 radical (unpaired) electrons. The van der Waals surface area contributed by atoms with Crippen LogP contribution in [-0.2, 0) is 19.6 Å². The van der Waals surface area contributed by atoms with Crippen molar-refractivity contribution < 1.29 is 14.6 Å². The molecule has 0 aliphatic rings. The number of methoxy groups -OCH3 is 1. The molecule has 1 aromatic heterocycles. The molecule has 5 heteroatoms. The van der Waals surface area contributed by atoms with Gasteiger partial charge in [-0.3, -0.25) is 9.88 Å². The van der Waals surface area contributed by atoms with Crippen LogP contribution in [0.3, 0.4) is 0 Å². The van der Waals surface area contributed by atoms with E-state index in [1.165, 1.54) is 0 Å². The van der Waals surface area contributed by atoms with Crippen LogP contribution in [0.2, 0.25) is 0 Å². The van der Waals surface area contributed by atoms with Crippen molar-refractivity contribution in [1.82, 2.24) is 9.88 Å². The second-order valence-corrected chi connectivity index (χ2v) is 6.52. The van der Waals surface area contributed by atoms with Crippen molar-refractivity contribution in [1.29, 1.82) is 0 Å². The molecule has 0 bridgehead atoms. The lowest BCUT2D eigenvalue weighted by atomic mass is 10.1. The van der Waals surface area contributed by atoms with Gasteiger partial charge in [0.05, 0.1) is 13.7 Å². The number of hydrogen-bond donors (Lipinski definition) is 1. The van der Waals surface area contributed by atoms with Crippen LogP contribution in [0.15, 0.2) is 67.0 Å². The van der Waals surface area contributed by atoms with Gasteiger partial charge < -0.3 is 14.6 Å². The van der Waals surface area contributed by atoms with Gasteiger partial charge in [-0.2, -0.15) is 0 Å². The number of para-hydroxylation sites is 2. The van der Waals surface area contributed by atoms with E-state index < -0.39 is 0 Å². The van der Waals surface area contributed by atoms with E-state index in [4.69, 9.17) is 9.47 Å². The van der Waals surface area contributed by atoms with E-state index >= 15 is 0 Å². The van der Waals surface area contributed by atoms with Crippen molar-refractivity contribution >= 4 is 0 Å². The number of nitrogens with zero attached hydrogens (tertiary/aromatic N) is 2. The summed E-state index contributed by atoms with van der Waals surface area (Å²) < 4.78 is 11.0. The molecule has 3 rings (SSSR count). The molecule has 5 nitrogen and oxygen atoms in total. The van der Waals surface area contributed by atoms with Gasteiger partial charge in [-0.05, 0) is 30.7 Å². The van der Waals surface area contributed by atoms with Crippen LogP contribution in [0.25, 0.3) is 0 Å². The molecule has 0 saturated carbocycles. The molecule has 0 unspecified atom stereocenters. The summed E-state index contributed by atoms with van der Waals surface area (Å²) >= 11 is 0. The van der Waals surface area contributed by atoms with Gasteiger partial charge in [-0.1, -0.05) is 36.4 Å². The van der Waals surface area contributed by atoms with Crippen molar-refractivity contribution in [3.8, 4) is 17.2 Å². The molecule has 0 aliphatic carbocycles. The zero-order valence-electron chi connectivity index (χ0n) is 16.3. The first-order valence-electron chi connectivity index (χ1n) is 9.38. The van der Waals surface area contributed by atoms with E-state index in [0.717, 1.165) is 22.4 Å². The van der Waals surface area contributed by atoms with E-state index in [9.17, 15) is 5.11 Å². The number of phenols is 1. The fourth-order valence-corrected chi connectivity index (χ4v) is 3.20. The van der Waals surface area contributed by atoms with E-state index in [1.807, 2.05) is 49.5 Å². The highest BCUT2D eigenvalue weighted by molar-refractivity contribution is 5.45. The lowest BCUT2D eigenvalue weighted by Crippen LogP contribution is -2.23. The van der Waals surface area contributed by atoms with Crippen LogP contribution >= 0.6 is 0 Å². The molecule has 0 aliphatic heterocycles. The third kappa shape index (κ3) is 5.02. The van der Waals surface area contributed by atoms with Crippen molar-refractivity contribution in [2.75, 3.05) is 13.7 Å². The maximum absolute atomic E-state index is 10.6. The average molecular weight is 378 g/mol. The summed E-state index contributed by atoms with van der Waals surface area (Å²) in [5.74, 6) is 1.56. The van der Waals surface area contributed by atoms with Crippen LogP contribution in [0.4, 0.5) is 0 Å². The van der Waals surface area contributed by atoms with Gasteiger partial charge in [-0.25, -0.2) is 0 Å². The Kier molecular flexibility index (Phi) is 6.87. The molecular weight excluding hydrogens is 352 g/mol. The summed E-state index contributed by atoms with van der Waals surface area (Å²) in [6.45, 7) is 4.36. The van der Waals surface area contributed by atoms with Crippen LogP contribution < -0.4 is 9.47 Å². The quantitative estimate of drug-likeness (QED) is 0.598. The summed E-state index contributed by atoms with van der Waals surface area (Å²) in [6.07, 6.45) is 3.64. The third-order valence-electron chi connectivity index (χ3n) is 4.49. The summed E-state index contributed by atoms with van der Waals surface area (Å²) in [5, 5.41) is 10.6. The monoisotopic (exact) mass is 378 g/mol. The maximum Gasteiger partial charge on any atom is 0.162 e. The SMILES string of the molecule is CCOc1cccc(CN(Cc2cccnc2)Cc2ccccc2OC)c1O. The molecule has 0 spiro atoms. The average Bonchev–Trinajstić information content (AvgIpc) is 2.72. The van der Waals surface area contributed by atoms with Gasteiger partial charge in [0.25, 0.3) is 0 Å². The lowest BCUT2D eigenvalue weighted by molar-refractivity contribution is 0.238. The molecule has 0 amide bonds. The predicted octanol–water partition coefficient (Wildman–Crippen LogP) is 4.40. The van der Waals surface area contributed by atoms with Gasteiger partial charge in [-0.15, -0.1) is 0 Å². The molecule has 146 valence electrons. The van der Waals surface area contributed by atoms with Crippen molar-refractivity contribution in [3.05, 3.63) is 83.7 Å². The summed E-state index contributed by atoms with van der Waals surface area (Å²) in [4.78, 5) is 6.47. The molecule has 1 N–H and O–H groups in total. The number of aromatic hydroxyl groups is 1. The van der Waals surface area contributed by atoms with Gasteiger partial charge >= 0.3 is 0 Å². The first-order chi connectivity index (χ1) is 13.7. The van der Waals surface area contributed by atoms with E-state index in [1.54, 1.807) is 19.4 Å². The number of hydrogen-bond acceptors (Lipinski definition) is 5. The Morgan fingerprint density at radius 1 is 0.893 bits per heavy atom. The minimum atomic E-state index is 0.195. The summed E-state index contributed by atoms with van der Waals surface area (Å²) in [5.41, 5.74) is 3.02. The largest absolute Gasteiger partial charge is 0.504 e. The number of benzene rings is 2. The van der Waals surface area contributed by atoms with Crippen molar-refractivity contribution in [2.45, 2.75) is 26.6 Å². The van der Waals surface area contributed by atoms with Gasteiger partial charge in [0, 0.05) is 43.2 Å². The highest BCUT2D eigenvalue weighted by Crippen LogP contribution is 2.31. The van der Waals surface area contributed by atoms with Crippen LogP contribution in [0.5, 0.6) is 17.2 Å². The molecule has 2 aromatic carbocycles. The maximum atomic E-state index is 10.6. The van der Waals surface area contributed by atoms with Gasteiger partial charge in [0.15, 0.2) is 11.5 Å². The highest BCUT2D eigenvalue weighted by Gasteiger charge is 2.15. The highest BCUT2D eigenvalue weighted by atomic mass is 16.5. The Labute approximate surface area is 166 Å². The van der Waals surface area contributed by atoms with Crippen molar-refractivity contribution in [3.63, 3.8) is 0 Å². The topological polar surface area (TPSA) is 54.8 Å². The first-order valence-corrected chi connectivity index (χ1v) is 9.38. The normalized spacial score (nSPS) is 10.8. The second kappa shape index (κ2) is 9.76. The van der Waals surface area contributed by atoms with E-state index in [0.29, 0.717) is 32.0 Å². The number of aromatic nitrogens is 1. The number of ether oxygens (including phenoxy) is 2. The first kappa shape index (κ1) is 19.7. The Hall–Kier alpha value is -3.05. The van der Waals surface area contributed by atoms with Crippen LogP contribution in [-0.4, -0.2) is 28.7 Å². The standard InChI is InChI=1S/C23H26N2O3/c1-3-28-22-12-6-10-20(23(22)26)17-25(15-18-8-7-13-24-14-18)16-19-9-4-5-11-21(19)27-2/h4-14,26H,3,15-17H2,1-2H3. The Bertz CT molecular complexity index is 884. The molecule has 0 atom stereocenters. The molecule has 0 saturated heterocycles. The zero-order chi connectivity index (χ0) is 19.8. The smallest absolute Gasteiger partial charge is 0.162 e. The Morgan fingerprint density at radius 3 is 2.39 bits per heavy atom. The number of rotatable bonds is 9. The summed E-state index contributed by atoms with van der Waals surface area (Å²) in [7, 11) is 1.68. The number of pyridine rings is 1.